The summed E-state index contributed by atoms with van der Waals surface area (Å²) in [4.78, 5) is 28.4. The predicted octanol–water partition coefficient (Wildman–Crippen LogP) is 4.66. The van der Waals surface area contributed by atoms with Crippen LogP contribution in [0.25, 0.3) is 11.4 Å². The van der Waals surface area contributed by atoms with Gasteiger partial charge in [-0.3, -0.25) is 9.78 Å². The number of rotatable bonds is 3. The zero-order valence-corrected chi connectivity index (χ0v) is 18.2. The van der Waals surface area contributed by atoms with Crippen LogP contribution in [-0.4, -0.2) is 32.3 Å². The lowest BCUT2D eigenvalue weighted by atomic mass is 9.93. The molecular weight excluding hydrogens is 393 g/mol. The van der Waals surface area contributed by atoms with Crippen LogP contribution in [0.1, 0.15) is 37.6 Å². The molecule has 3 heterocycles. The number of hydrogen-bond donors (Lipinski definition) is 1. The SMILES string of the molecule is Cc1cc(Nc2nc(-c3ccncc3)nc3c2CN(C(=O)C(C)(C)C)CC3)ccc1F. The summed E-state index contributed by atoms with van der Waals surface area (Å²) in [7, 11) is 0. The standard InChI is InChI=1S/C24H26FN5O/c1-15-13-17(5-6-19(15)25)27-22-18-14-30(23(31)24(2,3)4)12-9-20(18)28-21(29-22)16-7-10-26-11-8-16/h5-8,10-11,13H,9,12,14H2,1-4H3,(H,27,28,29). The second kappa shape index (κ2) is 8.06. The molecule has 0 spiro atoms. The fourth-order valence-corrected chi connectivity index (χ4v) is 3.65. The quantitative estimate of drug-likeness (QED) is 0.669. The molecule has 1 aliphatic rings. The molecule has 1 aromatic carbocycles. The summed E-state index contributed by atoms with van der Waals surface area (Å²) in [6, 6.07) is 8.60. The van der Waals surface area contributed by atoms with E-state index in [1.165, 1.54) is 6.07 Å². The molecule has 7 heteroatoms. The zero-order valence-electron chi connectivity index (χ0n) is 18.2. The minimum atomic E-state index is -0.461. The highest BCUT2D eigenvalue weighted by Crippen LogP contribution is 2.31. The van der Waals surface area contributed by atoms with Crippen LogP contribution in [-0.2, 0) is 17.8 Å². The van der Waals surface area contributed by atoms with Crippen molar-refractivity contribution in [3.63, 3.8) is 0 Å². The maximum atomic E-state index is 13.7. The number of aryl methyl sites for hydroxylation is 1. The molecule has 0 fully saturated rings. The number of anilines is 2. The van der Waals surface area contributed by atoms with Gasteiger partial charge in [0.25, 0.3) is 0 Å². The van der Waals surface area contributed by atoms with Gasteiger partial charge in [0.05, 0.1) is 12.2 Å². The van der Waals surface area contributed by atoms with E-state index < -0.39 is 5.41 Å². The maximum absolute atomic E-state index is 13.7. The first kappa shape index (κ1) is 20.9. The van der Waals surface area contributed by atoms with Gasteiger partial charge < -0.3 is 10.2 Å². The van der Waals surface area contributed by atoms with Crippen molar-refractivity contribution in [1.29, 1.82) is 0 Å². The number of aromatic nitrogens is 3. The molecule has 6 nitrogen and oxygen atoms in total. The van der Waals surface area contributed by atoms with Crippen LogP contribution < -0.4 is 5.32 Å². The van der Waals surface area contributed by atoms with Gasteiger partial charge in [0.1, 0.15) is 11.6 Å². The van der Waals surface area contributed by atoms with Crippen LogP contribution in [0, 0.1) is 18.2 Å². The van der Waals surface area contributed by atoms with Crippen molar-refractivity contribution >= 4 is 17.4 Å². The normalized spacial score (nSPS) is 13.6. The average molecular weight is 420 g/mol. The number of benzene rings is 1. The average Bonchev–Trinajstić information content (AvgIpc) is 2.75. The Morgan fingerprint density at radius 2 is 1.87 bits per heavy atom. The second-order valence-electron chi connectivity index (χ2n) is 8.87. The van der Waals surface area contributed by atoms with Crippen molar-refractivity contribution in [2.75, 3.05) is 11.9 Å². The van der Waals surface area contributed by atoms with Crippen LogP contribution in [0.3, 0.4) is 0 Å². The third kappa shape index (κ3) is 4.40. The first-order chi connectivity index (χ1) is 14.7. The fraction of sp³-hybridized carbons (Fsp3) is 0.333. The number of carbonyl (C=O) groups is 1. The molecule has 0 bridgehead atoms. The van der Waals surface area contributed by atoms with E-state index in [0.29, 0.717) is 36.7 Å². The van der Waals surface area contributed by atoms with Gasteiger partial charge in [-0.15, -0.1) is 0 Å². The highest BCUT2D eigenvalue weighted by atomic mass is 19.1. The summed E-state index contributed by atoms with van der Waals surface area (Å²) >= 11 is 0. The summed E-state index contributed by atoms with van der Waals surface area (Å²) in [6.45, 7) is 8.55. The smallest absolute Gasteiger partial charge is 0.228 e. The molecule has 3 aromatic rings. The van der Waals surface area contributed by atoms with E-state index in [1.54, 1.807) is 31.5 Å². The molecule has 0 saturated carbocycles. The van der Waals surface area contributed by atoms with Gasteiger partial charge in [-0.1, -0.05) is 20.8 Å². The van der Waals surface area contributed by atoms with Gasteiger partial charge in [0.15, 0.2) is 5.82 Å². The molecule has 0 atom stereocenters. The van der Waals surface area contributed by atoms with Crippen LogP contribution in [0.15, 0.2) is 42.7 Å². The van der Waals surface area contributed by atoms with Gasteiger partial charge in [-0.25, -0.2) is 14.4 Å². The van der Waals surface area contributed by atoms with E-state index in [9.17, 15) is 9.18 Å². The van der Waals surface area contributed by atoms with E-state index in [1.807, 2.05) is 37.8 Å². The second-order valence-corrected chi connectivity index (χ2v) is 8.87. The fourth-order valence-electron chi connectivity index (χ4n) is 3.65. The Labute approximate surface area is 181 Å². The largest absolute Gasteiger partial charge is 0.340 e. The number of hydrogen-bond acceptors (Lipinski definition) is 5. The van der Waals surface area contributed by atoms with Crippen LogP contribution in [0.2, 0.25) is 0 Å². The molecular formula is C24H26FN5O. The van der Waals surface area contributed by atoms with E-state index in [2.05, 4.69) is 10.3 Å². The topological polar surface area (TPSA) is 71.0 Å². The summed E-state index contributed by atoms with van der Waals surface area (Å²) in [5, 5.41) is 3.34. The van der Waals surface area contributed by atoms with E-state index in [-0.39, 0.29) is 11.7 Å². The lowest BCUT2D eigenvalue weighted by Crippen LogP contribution is -2.42. The van der Waals surface area contributed by atoms with E-state index in [0.717, 1.165) is 22.5 Å². The van der Waals surface area contributed by atoms with Gasteiger partial charge in [0.2, 0.25) is 5.91 Å². The first-order valence-electron chi connectivity index (χ1n) is 10.3. The van der Waals surface area contributed by atoms with Crippen molar-refractivity contribution in [3.8, 4) is 11.4 Å². The lowest BCUT2D eigenvalue weighted by Gasteiger charge is -2.34. The van der Waals surface area contributed by atoms with Crippen molar-refractivity contribution in [3.05, 3.63) is 65.4 Å². The third-order valence-corrected chi connectivity index (χ3v) is 5.35. The molecule has 0 unspecified atom stereocenters. The molecule has 0 radical (unpaired) electrons. The Hall–Kier alpha value is -3.35. The Morgan fingerprint density at radius 3 is 2.55 bits per heavy atom. The number of carbonyl (C=O) groups excluding carboxylic acids is 1. The molecule has 0 saturated heterocycles. The number of halogens is 1. The van der Waals surface area contributed by atoms with Crippen molar-refractivity contribution in [2.24, 2.45) is 5.41 Å². The van der Waals surface area contributed by atoms with Crippen LogP contribution >= 0.6 is 0 Å². The molecule has 1 aliphatic heterocycles. The maximum Gasteiger partial charge on any atom is 0.228 e. The van der Waals surface area contributed by atoms with Crippen molar-refractivity contribution in [1.82, 2.24) is 19.9 Å². The molecule has 4 rings (SSSR count). The molecule has 31 heavy (non-hydrogen) atoms. The number of amides is 1. The number of pyridine rings is 1. The predicted molar refractivity (Wildman–Crippen MR) is 118 cm³/mol. The van der Waals surface area contributed by atoms with E-state index >= 15 is 0 Å². The summed E-state index contributed by atoms with van der Waals surface area (Å²) in [6.07, 6.45) is 4.06. The highest BCUT2D eigenvalue weighted by molar-refractivity contribution is 5.82. The third-order valence-electron chi connectivity index (χ3n) is 5.35. The Balaban J connectivity index is 1.77. The summed E-state index contributed by atoms with van der Waals surface area (Å²) in [5.74, 6) is 1.07. The van der Waals surface area contributed by atoms with Crippen LogP contribution in [0.4, 0.5) is 15.9 Å². The van der Waals surface area contributed by atoms with Gasteiger partial charge in [-0.05, 0) is 42.8 Å². The van der Waals surface area contributed by atoms with E-state index in [4.69, 9.17) is 9.97 Å². The Kier molecular flexibility index (Phi) is 5.43. The van der Waals surface area contributed by atoms with Crippen molar-refractivity contribution < 1.29 is 9.18 Å². The summed E-state index contributed by atoms with van der Waals surface area (Å²) in [5.41, 5.74) is 3.50. The van der Waals surface area contributed by atoms with Crippen molar-refractivity contribution in [2.45, 2.75) is 40.7 Å². The molecule has 0 aliphatic carbocycles. The highest BCUT2D eigenvalue weighted by Gasteiger charge is 2.31. The summed E-state index contributed by atoms with van der Waals surface area (Å²) < 4.78 is 13.7. The number of nitrogens with zero attached hydrogens (tertiary/aromatic N) is 4. The first-order valence-corrected chi connectivity index (χ1v) is 10.3. The molecule has 160 valence electrons. The number of fused-ring (bicyclic) bond motifs is 1. The molecule has 1 N–H and O–H groups in total. The van der Waals surface area contributed by atoms with Gasteiger partial charge in [-0.2, -0.15) is 0 Å². The number of nitrogens with one attached hydrogen (secondary N) is 1. The molecule has 2 aromatic heterocycles. The minimum absolute atomic E-state index is 0.0972. The minimum Gasteiger partial charge on any atom is -0.340 e. The zero-order chi connectivity index (χ0) is 22.2. The van der Waals surface area contributed by atoms with Crippen LogP contribution in [0.5, 0.6) is 0 Å². The molecule has 1 amide bonds. The van der Waals surface area contributed by atoms with Gasteiger partial charge in [0, 0.05) is 47.6 Å². The van der Waals surface area contributed by atoms with Gasteiger partial charge >= 0.3 is 0 Å². The monoisotopic (exact) mass is 419 g/mol. The Bertz CT molecular complexity index is 1120. The Morgan fingerprint density at radius 1 is 1.13 bits per heavy atom. The lowest BCUT2D eigenvalue weighted by molar-refractivity contribution is -0.140.